The van der Waals surface area contributed by atoms with Crippen LogP contribution < -0.4 is 10.1 Å². The van der Waals surface area contributed by atoms with E-state index in [2.05, 4.69) is 17.4 Å². The summed E-state index contributed by atoms with van der Waals surface area (Å²) in [5, 5.41) is 2.86. The molecule has 6 heteroatoms. The molecule has 0 aromatic heterocycles. The van der Waals surface area contributed by atoms with Crippen molar-refractivity contribution in [2.75, 3.05) is 6.61 Å². The maximum absolute atomic E-state index is 12.4. The first-order chi connectivity index (χ1) is 15.9. The second-order valence-corrected chi connectivity index (χ2v) is 7.77. The molecule has 0 spiro atoms. The van der Waals surface area contributed by atoms with Gasteiger partial charge in [-0.25, -0.2) is 4.79 Å². The van der Waals surface area contributed by atoms with E-state index in [1.807, 2.05) is 31.2 Å². The fraction of sp³-hybridized carbons (Fsp3) is 0.222. The molecule has 6 nitrogen and oxygen atoms in total. The zero-order valence-corrected chi connectivity index (χ0v) is 18.7. The van der Waals surface area contributed by atoms with Crippen molar-refractivity contribution in [1.82, 2.24) is 5.32 Å². The smallest absolute Gasteiger partial charge is 0.338 e. The van der Waals surface area contributed by atoms with E-state index in [4.69, 9.17) is 9.47 Å². The van der Waals surface area contributed by atoms with E-state index in [0.29, 0.717) is 11.3 Å². The lowest BCUT2D eigenvalue weighted by Gasteiger charge is -2.14. The minimum atomic E-state index is -0.569. The number of aryl methyl sites for hydroxylation is 1. The second kappa shape index (κ2) is 11.6. The van der Waals surface area contributed by atoms with Crippen LogP contribution in [0.3, 0.4) is 0 Å². The van der Waals surface area contributed by atoms with Gasteiger partial charge in [-0.15, -0.1) is 0 Å². The number of esters is 2. The van der Waals surface area contributed by atoms with Crippen LogP contribution in [0, 0.1) is 0 Å². The molecule has 0 heterocycles. The normalized spacial score (nSPS) is 11.3. The van der Waals surface area contributed by atoms with E-state index in [1.54, 1.807) is 42.5 Å². The molecule has 1 amide bonds. The van der Waals surface area contributed by atoms with E-state index < -0.39 is 5.97 Å². The van der Waals surface area contributed by atoms with Crippen molar-refractivity contribution >= 4 is 17.8 Å². The Hall–Kier alpha value is -3.93. The van der Waals surface area contributed by atoms with E-state index in [9.17, 15) is 14.4 Å². The van der Waals surface area contributed by atoms with Crippen LogP contribution in [0.15, 0.2) is 78.9 Å². The average Bonchev–Trinajstić information content (AvgIpc) is 2.82. The van der Waals surface area contributed by atoms with Gasteiger partial charge in [-0.05, 0) is 60.7 Å². The first-order valence-corrected chi connectivity index (χ1v) is 10.8. The van der Waals surface area contributed by atoms with E-state index >= 15 is 0 Å². The quantitative estimate of drug-likeness (QED) is 0.385. The van der Waals surface area contributed by atoms with Crippen LogP contribution in [0.4, 0.5) is 0 Å². The first-order valence-electron chi connectivity index (χ1n) is 10.8. The second-order valence-electron chi connectivity index (χ2n) is 7.77. The maximum atomic E-state index is 12.4. The lowest BCUT2D eigenvalue weighted by atomic mass is 10.0. The number of carbonyl (C=O) groups excluding carboxylic acids is 3. The zero-order valence-electron chi connectivity index (χ0n) is 18.7. The summed E-state index contributed by atoms with van der Waals surface area (Å²) >= 11 is 0. The summed E-state index contributed by atoms with van der Waals surface area (Å²) in [6.07, 6.45) is 1.65. The highest BCUT2D eigenvalue weighted by Crippen LogP contribution is 2.23. The molecule has 1 N–H and O–H groups in total. The average molecular weight is 446 g/mol. The third-order valence-corrected chi connectivity index (χ3v) is 5.00. The number of carbonyl (C=O) groups is 3. The van der Waals surface area contributed by atoms with Crippen molar-refractivity contribution < 1.29 is 23.9 Å². The molecule has 0 aliphatic rings. The molecular formula is C27H27NO5. The summed E-state index contributed by atoms with van der Waals surface area (Å²) in [5.41, 5.74) is 3.22. The summed E-state index contributed by atoms with van der Waals surface area (Å²) in [5.74, 6) is -0.838. The number of rotatable bonds is 9. The molecule has 0 radical (unpaired) electrons. The SMILES string of the molecule is CC(=O)Oc1ccc(-c2cccc(C(=O)OCC(=O)N[C@@H](C)CCc3ccccc3)c2)cc1. The minimum Gasteiger partial charge on any atom is -0.452 e. The summed E-state index contributed by atoms with van der Waals surface area (Å²) in [6.45, 7) is 2.93. The van der Waals surface area contributed by atoms with E-state index in [-0.39, 0.29) is 24.5 Å². The van der Waals surface area contributed by atoms with Gasteiger partial charge in [0.25, 0.3) is 5.91 Å². The molecule has 0 saturated heterocycles. The molecule has 3 aromatic carbocycles. The van der Waals surface area contributed by atoms with Crippen molar-refractivity contribution in [2.24, 2.45) is 0 Å². The lowest BCUT2D eigenvalue weighted by molar-refractivity contribution is -0.131. The third-order valence-electron chi connectivity index (χ3n) is 5.00. The molecule has 1 atom stereocenters. The fourth-order valence-electron chi connectivity index (χ4n) is 3.34. The number of benzene rings is 3. The van der Waals surface area contributed by atoms with E-state index in [0.717, 1.165) is 24.0 Å². The number of nitrogens with one attached hydrogen (secondary N) is 1. The summed E-state index contributed by atoms with van der Waals surface area (Å²) in [4.78, 5) is 35.7. The summed E-state index contributed by atoms with van der Waals surface area (Å²) in [6, 6.07) is 23.9. The predicted octanol–water partition coefficient (Wildman–Crippen LogP) is 4.57. The molecule has 0 aliphatic heterocycles. The van der Waals surface area contributed by atoms with Gasteiger partial charge >= 0.3 is 11.9 Å². The van der Waals surface area contributed by atoms with Gasteiger partial charge in [-0.2, -0.15) is 0 Å². The Morgan fingerprint density at radius 1 is 0.879 bits per heavy atom. The Balaban J connectivity index is 1.50. The van der Waals surface area contributed by atoms with Gasteiger partial charge in [-0.3, -0.25) is 9.59 Å². The Kier molecular flexibility index (Phi) is 8.36. The van der Waals surface area contributed by atoms with Crippen molar-refractivity contribution in [1.29, 1.82) is 0 Å². The molecule has 170 valence electrons. The van der Waals surface area contributed by atoms with Crippen LogP contribution in [0.2, 0.25) is 0 Å². The van der Waals surface area contributed by atoms with Crippen LogP contribution >= 0.6 is 0 Å². The van der Waals surface area contributed by atoms with Gasteiger partial charge in [0.2, 0.25) is 0 Å². The van der Waals surface area contributed by atoms with Gasteiger partial charge in [0.15, 0.2) is 6.61 Å². The van der Waals surface area contributed by atoms with E-state index in [1.165, 1.54) is 12.5 Å². The Bertz CT molecular complexity index is 1090. The van der Waals surface area contributed by atoms with Gasteiger partial charge in [-0.1, -0.05) is 54.6 Å². The molecule has 0 bridgehead atoms. The van der Waals surface area contributed by atoms with Gasteiger partial charge in [0.1, 0.15) is 5.75 Å². The lowest BCUT2D eigenvalue weighted by Crippen LogP contribution is -2.36. The molecule has 0 aliphatic carbocycles. The van der Waals surface area contributed by atoms with Crippen molar-refractivity contribution in [3.63, 3.8) is 0 Å². The molecule has 0 unspecified atom stereocenters. The molecule has 3 aromatic rings. The van der Waals surface area contributed by atoms with Crippen LogP contribution in [-0.2, 0) is 20.7 Å². The summed E-state index contributed by atoms with van der Waals surface area (Å²) in [7, 11) is 0. The van der Waals surface area contributed by atoms with Gasteiger partial charge in [0.05, 0.1) is 5.56 Å². The van der Waals surface area contributed by atoms with Crippen LogP contribution in [0.25, 0.3) is 11.1 Å². The molecule has 0 saturated carbocycles. The Labute approximate surface area is 193 Å². The Morgan fingerprint density at radius 2 is 1.61 bits per heavy atom. The highest BCUT2D eigenvalue weighted by molar-refractivity contribution is 5.92. The van der Waals surface area contributed by atoms with Crippen LogP contribution in [0.1, 0.15) is 36.2 Å². The zero-order chi connectivity index (χ0) is 23.6. The maximum Gasteiger partial charge on any atom is 0.338 e. The molecular weight excluding hydrogens is 418 g/mol. The standard InChI is InChI=1S/C27H27NO5/c1-19(11-12-21-7-4-3-5-8-21)28-26(30)18-32-27(31)24-10-6-9-23(17-24)22-13-15-25(16-14-22)33-20(2)29/h3-10,13-17,19H,11-12,18H2,1-2H3,(H,28,30)/t19-/m0/s1. The predicted molar refractivity (Wildman–Crippen MR) is 126 cm³/mol. The molecule has 0 fully saturated rings. The van der Waals surface area contributed by atoms with Gasteiger partial charge in [0, 0.05) is 13.0 Å². The first kappa shape index (κ1) is 23.7. The summed E-state index contributed by atoms with van der Waals surface area (Å²) < 4.78 is 10.2. The topological polar surface area (TPSA) is 81.7 Å². The van der Waals surface area contributed by atoms with Crippen LogP contribution in [0.5, 0.6) is 5.75 Å². The number of hydrogen-bond donors (Lipinski definition) is 1. The Morgan fingerprint density at radius 3 is 2.30 bits per heavy atom. The molecule has 33 heavy (non-hydrogen) atoms. The highest BCUT2D eigenvalue weighted by atomic mass is 16.5. The third kappa shape index (κ3) is 7.61. The highest BCUT2D eigenvalue weighted by Gasteiger charge is 2.13. The van der Waals surface area contributed by atoms with Gasteiger partial charge < -0.3 is 14.8 Å². The number of hydrogen-bond acceptors (Lipinski definition) is 5. The van der Waals surface area contributed by atoms with Crippen molar-refractivity contribution in [2.45, 2.75) is 32.7 Å². The van der Waals surface area contributed by atoms with Crippen molar-refractivity contribution in [3.05, 3.63) is 90.0 Å². The fourth-order valence-corrected chi connectivity index (χ4v) is 3.34. The largest absolute Gasteiger partial charge is 0.452 e. The number of ether oxygens (including phenoxy) is 2. The minimum absolute atomic E-state index is 0.0327. The number of amides is 1. The van der Waals surface area contributed by atoms with Crippen molar-refractivity contribution in [3.8, 4) is 16.9 Å². The van der Waals surface area contributed by atoms with Crippen LogP contribution in [-0.4, -0.2) is 30.5 Å². The monoisotopic (exact) mass is 445 g/mol. The molecule has 3 rings (SSSR count).